The summed E-state index contributed by atoms with van der Waals surface area (Å²) in [5.41, 5.74) is 1.22. The van der Waals surface area contributed by atoms with Crippen LogP contribution in [0.1, 0.15) is 12.6 Å². The molecule has 0 aliphatic carbocycles. The lowest BCUT2D eigenvalue weighted by molar-refractivity contribution is 0.131. The van der Waals surface area contributed by atoms with Crippen molar-refractivity contribution in [3.8, 4) is 9.88 Å². The Bertz CT molecular complexity index is 499. The van der Waals surface area contributed by atoms with Gasteiger partial charge < -0.3 is 4.90 Å². The Labute approximate surface area is 122 Å². The van der Waals surface area contributed by atoms with Crippen LogP contribution >= 0.6 is 22.7 Å². The van der Waals surface area contributed by atoms with Crippen molar-refractivity contribution in [3.05, 3.63) is 28.6 Å². The van der Waals surface area contributed by atoms with Gasteiger partial charge in [-0.15, -0.1) is 22.7 Å². The molecule has 1 aliphatic heterocycles. The maximum Gasteiger partial charge on any atom is 0.133 e. The minimum Gasteiger partial charge on any atom is -0.301 e. The fourth-order valence-corrected chi connectivity index (χ4v) is 4.01. The van der Waals surface area contributed by atoms with Crippen LogP contribution in [0.4, 0.5) is 0 Å². The zero-order valence-electron chi connectivity index (χ0n) is 11.2. The lowest BCUT2D eigenvalue weighted by Crippen LogP contribution is -2.45. The summed E-state index contributed by atoms with van der Waals surface area (Å²) in [5.74, 6) is 0. The average Bonchev–Trinajstić information content (AvgIpc) is 3.10. The highest BCUT2D eigenvalue weighted by Crippen LogP contribution is 2.28. The number of piperazine rings is 1. The quantitative estimate of drug-likeness (QED) is 0.864. The first-order chi connectivity index (χ1) is 9.35. The van der Waals surface area contributed by atoms with Crippen LogP contribution in [0.25, 0.3) is 9.88 Å². The average molecular weight is 293 g/mol. The van der Waals surface area contributed by atoms with Gasteiger partial charge >= 0.3 is 0 Å². The second-order valence-electron chi connectivity index (χ2n) is 4.83. The molecule has 0 bridgehead atoms. The summed E-state index contributed by atoms with van der Waals surface area (Å²) >= 11 is 3.53. The van der Waals surface area contributed by atoms with E-state index >= 15 is 0 Å². The molecule has 0 unspecified atom stereocenters. The Morgan fingerprint density at radius 1 is 1.16 bits per heavy atom. The van der Waals surface area contributed by atoms with Gasteiger partial charge in [0.05, 0.1) is 10.6 Å². The molecule has 0 saturated carbocycles. The summed E-state index contributed by atoms with van der Waals surface area (Å²) < 4.78 is 0. The third-order valence-corrected chi connectivity index (χ3v) is 5.51. The standard InChI is InChI=1S/C14H19N3S2/c1-2-16-5-7-17(8-6-16)10-12-11-19-14(15-12)13-4-3-9-18-13/h3-4,9,11H,2,5-8,10H2,1H3. The van der Waals surface area contributed by atoms with E-state index in [4.69, 9.17) is 4.98 Å². The molecule has 1 fully saturated rings. The molecular weight excluding hydrogens is 274 g/mol. The van der Waals surface area contributed by atoms with Crippen LogP contribution in [0.15, 0.2) is 22.9 Å². The van der Waals surface area contributed by atoms with Gasteiger partial charge in [0.15, 0.2) is 0 Å². The van der Waals surface area contributed by atoms with E-state index in [-0.39, 0.29) is 0 Å². The highest BCUT2D eigenvalue weighted by Gasteiger charge is 2.16. The van der Waals surface area contributed by atoms with Crippen molar-refractivity contribution in [2.75, 3.05) is 32.7 Å². The molecule has 3 rings (SSSR count). The highest BCUT2D eigenvalue weighted by molar-refractivity contribution is 7.20. The first kappa shape index (κ1) is 13.2. The number of thiazole rings is 1. The molecule has 0 atom stereocenters. The van der Waals surface area contributed by atoms with Gasteiger partial charge in [-0.05, 0) is 18.0 Å². The maximum atomic E-state index is 4.76. The van der Waals surface area contributed by atoms with E-state index in [2.05, 4.69) is 39.6 Å². The number of likely N-dealkylation sites (N-methyl/N-ethyl adjacent to an activating group) is 1. The van der Waals surface area contributed by atoms with Crippen LogP contribution in [-0.4, -0.2) is 47.5 Å². The predicted octanol–water partition coefficient (Wildman–Crippen LogP) is 3.01. The SMILES string of the molecule is CCN1CCN(Cc2csc(-c3cccs3)n2)CC1. The molecule has 2 aromatic rings. The Balaban J connectivity index is 1.59. The number of rotatable bonds is 4. The van der Waals surface area contributed by atoms with Gasteiger partial charge in [-0.25, -0.2) is 4.98 Å². The zero-order valence-corrected chi connectivity index (χ0v) is 12.8. The molecule has 0 N–H and O–H groups in total. The summed E-state index contributed by atoms with van der Waals surface area (Å²) in [6, 6.07) is 4.23. The summed E-state index contributed by atoms with van der Waals surface area (Å²) in [7, 11) is 0. The first-order valence-electron chi connectivity index (χ1n) is 6.78. The fourth-order valence-electron chi connectivity index (χ4n) is 2.39. The minimum absolute atomic E-state index is 0.999. The fraction of sp³-hybridized carbons (Fsp3) is 0.500. The van der Waals surface area contributed by atoms with Gasteiger partial charge in [0.25, 0.3) is 0 Å². The van der Waals surface area contributed by atoms with Crippen molar-refractivity contribution in [2.45, 2.75) is 13.5 Å². The van der Waals surface area contributed by atoms with Crippen LogP contribution in [0.2, 0.25) is 0 Å². The molecule has 0 spiro atoms. The maximum absolute atomic E-state index is 4.76. The number of hydrogen-bond donors (Lipinski definition) is 0. The van der Waals surface area contributed by atoms with E-state index in [0.29, 0.717) is 0 Å². The van der Waals surface area contributed by atoms with Crippen molar-refractivity contribution in [3.63, 3.8) is 0 Å². The summed E-state index contributed by atoms with van der Waals surface area (Å²) in [6.45, 7) is 9.13. The summed E-state index contributed by atoms with van der Waals surface area (Å²) in [5, 5.41) is 5.49. The van der Waals surface area contributed by atoms with Gasteiger partial charge in [0.1, 0.15) is 5.01 Å². The summed E-state index contributed by atoms with van der Waals surface area (Å²) in [4.78, 5) is 11.1. The van der Waals surface area contributed by atoms with Crippen molar-refractivity contribution in [2.24, 2.45) is 0 Å². The van der Waals surface area contributed by atoms with Crippen LogP contribution < -0.4 is 0 Å². The number of hydrogen-bond acceptors (Lipinski definition) is 5. The van der Waals surface area contributed by atoms with Gasteiger partial charge in [0, 0.05) is 38.1 Å². The molecule has 3 heterocycles. The molecule has 0 radical (unpaired) electrons. The van der Waals surface area contributed by atoms with Crippen molar-refractivity contribution in [1.82, 2.24) is 14.8 Å². The highest BCUT2D eigenvalue weighted by atomic mass is 32.1. The van der Waals surface area contributed by atoms with E-state index in [1.54, 1.807) is 22.7 Å². The van der Waals surface area contributed by atoms with Crippen molar-refractivity contribution < 1.29 is 0 Å². The van der Waals surface area contributed by atoms with E-state index in [1.165, 1.54) is 43.3 Å². The van der Waals surface area contributed by atoms with E-state index in [0.717, 1.165) is 11.6 Å². The van der Waals surface area contributed by atoms with Crippen LogP contribution in [0.3, 0.4) is 0 Å². The van der Waals surface area contributed by atoms with Gasteiger partial charge in [-0.3, -0.25) is 4.90 Å². The Morgan fingerprint density at radius 3 is 2.63 bits per heavy atom. The number of nitrogens with zero attached hydrogens (tertiary/aromatic N) is 3. The number of aromatic nitrogens is 1. The first-order valence-corrected chi connectivity index (χ1v) is 8.54. The molecule has 1 aliphatic rings. The molecule has 0 amide bonds. The second kappa shape index (κ2) is 6.13. The molecule has 3 nitrogen and oxygen atoms in total. The normalized spacial score (nSPS) is 17.9. The van der Waals surface area contributed by atoms with E-state index in [1.807, 2.05) is 0 Å². The van der Waals surface area contributed by atoms with Crippen molar-refractivity contribution in [1.29, 1.82) is 0 Å². The largest absolute Gasteiger partial charge is 0.301 e. The lowest BCUT2D eigenvalue weighted by atomic mass is 10.3. The zero-order chi connectivity index (χ0) is 13.1. The minimum atomic E-state index is 0.999. The second-order valence-corrected chi connectivity index (χ2v) is 6.64. The smallest absolute Gasteiger partial charge is 0.133 e. The Hall–Kier alpha value is -0.750. The van der Waals surface area contributed by atoms with E-state index < -0.39 is 0 Å². The molecule has 2 aromatic heterocycles. The molecule has 0 aromatic carbocycles. The topological polar surface area (TPSA) is 19.4 Å². The summed E-state index contributed by atoms with van der Waals surface area (Å²) in [6.07, 6.45) is 0. The molecule has 5 heteroatoms. The number of thiophene rings is 1. The molecule has 1 saturated heterocycles. The van der Waals surface area contributed by atoms with Crippen molar-refractivity contribution >= 4 is 22.7 Å². The molecular formula is C14H19N3S2. The van der Waals surface area contributed by atoms with E-state index in [9.17, 15) is 0 Å². The van der Waals surface area contributed by atoms with Crippen LogP contribution in [0, 0.1) is 0 Å². The predicted molar refractivity (Wildman–Crippen MR) is 82.8 cm³/mol. The third-order valence-electron chi connectivity index (χ3n) is 3.58. The van der Waals surface area contributed by atoms with Gasteiger partial charge in [0.2, 0.25) is 0 Å². The third kappa shape index (κ3) is 3.23. The van der Waals surface area contributed by atoms with Crippen LogP contribution in [0.5, 0.6) is 0 Å². The molecule has 19 heavy (non-hydrogen) atoms. The monoisotopic (exact) mass is 293 g/mol. The van der Waals surface area contributed by atoms with Gasteiger partial charge in [-0.2, -0.15) is 0 Å². The lowest BCUT2D eigenvalue weighted by Gasteiger charge is -2.33. The molecule has 102 valence electrons. The van der Waals surface area contributed by atoms with Gasteiger partial charge in [-0.1, -0.05) is 13.0 Å². The Kier molecular flexibility index (Phi) is 4.28. The van der Waals surface area contributed by atoms with Crippen LogP contribution in [-0.2, 0) is 6.54 Å². The Morgan fingerprint density at radius 2 is 1.95 bits per heavy atom.